The average Bonchev–Trinajstić information content (AvgIpc) is 2.34. The van der Waals surface area contributed by atoms with Gasteiger partial charge in [0.2, 0.25) is 0 Å². The van der Waals surface area contributed by atoms with E-state index in [4.69, 9.17) is 9.63 Å². The summed E-state index contributed by atoms with van der Waals surface area (Å²) in [7, 11) is 4.31. The van der Waals surface area contributed by atoms with E-state index in [0.717, 1.165) is 19.5 Å². The maximum Gasteiger partial charge on any atom is 0.0593 e. The standard InChI is InChI=1S/C7H16NO2P/c1-8-3-2-7(4-8,5-9)6-10-11/h9H,2-6,11H2,1H3. The average molecular weight is 177 g/mol. The highest BCUT2D eigenvalue weighted by molar-refractivity contribution is 7.09. The number of aliphatic hydroxyl groups is 1. The second-order valence-electron chi connectivity index (χ2n) is 3.46. The minimum absolute atomic E-state index is 0.00347. The van der Waals surface area contributed by atoms with Gasteiger partial charge < -0.3 is 14.5 Å². The second kappa shape index (κ2) is 3.81. The van der Waals surface area contributed by atoms with E-state index in [1.165, 1.54) is 0 Å². The molecule has 0 aromatic rings. The zero-order valence-electron chi connectivity index (χ0n) is 6.92. The van der Waals surface area contributed by atoms with Crippen LogP contribution in [-0.2, 0) is 4.52 Å². The third-order valence-electron chi connectivity index (χ3n) is 2.35. The van der Waals surface area contributed by atoms with Crippen molar-refractivity contribution in [3.8, 4) is 0 Å². The number of hydrogen-bond acceptors (Lipinski definition) is 3. The van der Waals surface area contributed by atoms with Crippen molar-refractivity contribution in [1.29, 1.82) is 0 Å². The van der Waals surface area contributed by atoms with Crippen LogP contribution in [0, 0.1) is 5.41 Å². The summed E-state index contributed by atoms with van der Waals surface area (Å²) in [5.41, 5.74) is -0.00347. The van der Waals surface area contributed by atoms with Crippen molar-refractivity contribution < 1.29 is 9.63 Å². The largest absolute Gasteiger partial charge is 0.396 e. The molecule has 0 saturated carbocycles. The van der Waals surface area contributed by atoms with E-state index in [2.05, 4.69) is 21.4 Å². The Morgan fingerprint density at radius 3 is 2.82 bits per heavy atom. The van der Waals surface area contributed by atoms with Crippen LogP contribution in [0.5, 0.6) is 0 Å². The van der Waals surface area contributed by atoms with Crippen LogP contribution >= 0.6 is 9.47 Å². The normalized spacial score (nSPS) is 33.0. The Morgan fingerprint density at radius 1 is 1.73 bits per heavy atom. The molecule has 1 saturated heterocycles. The number of likely N-dealkylation sites (tertiary alicyclic amines) is 1. The monoisotopic (exact) mass is 177 g/mol. The van der Waals surface area contributed by atoms with Crippen LogP contribution in [0.25, 0.3) is 0 Å². The highest BCUT2D eigenvalue weighted by Crippen LogP contribution is 2.29. The van der Waals surface area contributed by atoms with Gasteiger partial charge in [0.15, 0.2) is 0 Å². The first kappa shape index (κ1) is 9.40. The zero-order valence-corrected chi connectivity index (χ0v) is 8.07. The summed E-state index contributed by atoms with van der Waals surface area (Å²) >= 11 is 0. The first-order valence-electron chi connectivity index (χ1n) is 3.83. The maximum absolute atomic E-state index is 9.15. The molecular formula is C7H16NO2P. The first-order valence-corrected chi connectivity index (χ1v) is 4.31. The minimum atomic E-state index is -0.00347. The number of rotatable bonds is 3. The summed E-state index contributed by atoms with van der Waals surface area (Å²) in [6.07, 6.45) is 1.04. The van der Waals surface area contributed by atoms with Crippen molar-refractivity contribution in [2.45, 2.75) is 6.42 Å². The topological polar surface area (TPSA) is 32.7 Å². The molecule has 1 aliphatic rings. The van der Waals surface area contributed by atoms with Crippen molar-refractivity contribution in [1.82, 2.24) is 4.90 Å². The molecule has 0 bridgehead atoms. The molecule has 0 aliphatic carbocycles. The Labute approximate surface area is 70.0 Å². The van der Waals surface area contributed by atoms with Gasteiger partial charge in [-0.15, -0.1) is 0 Å². The Balaban J connectivity index is 2.48. The summed E-state index contributed by atoms with van der Waals surface area (Å²) in [6.45, 7) is 2.87. The number of hydrogen-bond donors (Lipinski definition) is 1. The van der Waals surface area contributed by atoms with Crippen LogP contribution < -0.4 is 0 Å². The van der Waals surface area contributed by atoms with Crippen LogP contribution in [0.2, 0.25) is 0 Å². The van der Waals surface area contributed by atoms with Gasteiger partial charge in [-0.3, -0.25) is 0 Å². The molecule has 1 heterocycles. The second-order valence-corrected chi connectivity index (χ2v) is 3.79. The van der Waals surface area contributed by atoms with Gasteiger partial charge in [0.05, 0.1) is 13.2 Å². The van der Waals surface area contributed by atoms with Crippen LogP contribution in [0.1, 0.15) is 6.42 Å². The fourth-order valence-corrected chi connectivity index (χ4v) is 1.98. The third-order valence-corrected chi connectivity index (χ3v) is 2.52. The van der Waals surface area contributed by atoms with E-state index >= 15 is 0 Å². The molecule has 2 unspecified atom stereocenters. The van der Waals surface area contributed by atoms with Gasteiger partial charge in [-0.2, -0.15) is 0 Å². The molecule has 4 heteroatoms. The lowest BCUT2D eigenvalue weighted by molar-refractivity contribution is 0.0835. The Morgan fingerprint density at radius 2 is 2.45 bits per heavy atom. The van der Waals surface area contributed by atoms with Crippen molar-refractivity contribution in [3.05, 3.63) is 0 Å². The molecule has 1 fully saturated rings. The minimum Gasteiger partial charge on any atom is -0.396 e. The molecule has 1 N–H and O–H groups in total. The van der Waals surface area contributed by atoms with Crippen molar-refractivity contribution in [2.75, 3.05) is 33.4 Å². The lowest BCUT2D eigenvalue weighted by Gasteiger charge is -2.24. The highest BCUT2D eigenvalue weighted by atomic mass is 31.0. The van der Waals surface area contributed by atoms with Crippen molar-refractivity contribution in [2.24, 2.45) is 5.41 Å². The van der Waals surface area contributed by atoms with E-state index in [1.54, 1.807) is 0 Å². The van der Waals surface area contributed by atoms with Gasteiger partial charge in [-0.25, -0.2) is 0 Å². The molecule has 0 amide bonds. The highest BCUT2D eigenvalue weighted by Gasteiger charge is 2.35. The summed E-state index contributed by atoms with van der Waals surface area (Å²) in [4.78, 5) is 2.22. The van der Waals surface area contributed by atoms with Gasteiger partial charge in [-0.1, -0.05) is 0 Å². The lowest BCUT2D eigenvalue weighted by Crippen LogP contribution is -2.32. The fraction of sp³-hybridized carbons (Fsp3) is 1.00. The predicted molar refractivity (Wildman–Crippen MR) is 47.3 cm³/mol. The molecule has 2 atom stereocenters. The van der Waals surface area contributed by atoms with E-state index in [1.807, 2.05) is 0 Å². The molecule has 0 radical (unpaired) electrons. The van der Waals surface area contributed by atoms with Gasteiger partial charge in [0, 0.05) is 21.4 Å². The summed E-state index contributed by atoms with van der Waals surface area (Å²) in [6, 6.07) is 0. The van der Waals surface area contributed by atoms with Crippen LogP contribution in [0.3, 0.4) is 0 Å². The van der Waals surface area contributed by atoms with Gasteiger partial charge in [0.25, 0.3) is 0 Å². The maximum atomic E-state index is 9.15. The molecule has 1 aliphatic heterocycles. The third kappa shape index (κ3) is 2.12. The Hall–Kier alpha value is 0.310. The van der Waals surface area contributed by atoms with Gasteiger partial charge in [0.1, 0.15) is 0 Å². The van der Waals surface area contributed by atoms with Crippen molar-refractivity contribution >= 4 is 9.47 Å². The van der Waals surface area contributed by atoms with Crippen LogP contribution in [0.15, 0.2) is 0 Å². The van der Waals surface area contributed by atoms with Crippen LogP contribution in [0.4, 0.5) is 0 Å². The van der Waals surface area contributed by atoms with E-state index in [9.17, 15) is 0 Å². The summed E-state index contributed by atoms with van der Waals surface area (Å²) in [5.74, 6) is 0. The molecule has 0 spiro atoms. The van der Waals surface area contributed by atoms with E-state index in [-0.39, 0.29) is 12.0 Å². The van der Waals surface area contributed by atoms with E-state index < -0.39 is 0 Å². The van der Waals surface area contributed by atoms with Crippen molar-refractivity contribution in [3.63, 3.8) is 0 Å². The summed E-state index contributed by atoms with van der Waals surface area (Å²) < 4.78 is 5.00. The molecule has 11 heavy (non-hydrogen) atoms. The van der Waals surface area contributed by atoms with Gasteiger partial charge >= 0.3 is 0 Å². The molecule has 0 aromatic carbocycles. The molecule has 3 nitrogen and oxygen atoms in total. The molecule has 1 rings (SSSR count). The lowest BCUT2D eigenvalue weighted by atomic mass is 9.89. The summed E-state index contributed by atoms with van der Waals surface area (Å²) in [5, 5.41) is 9.15. The quantitative estimate of drug-likeness (QED) is 0.621. The molecule has 66 valence electrons. The Bertz CT molecular complexity index is 130. The van der Waals surface area contributed by atoms with Crippen LogP contribution in [-0.4, -0.2) is 43.4 Å². The number of nitrogens with zero attached hydrogens (tertiary/aromatic N) is 1. The van der Waals surface area contributed by atoms with E-state index in [0.29, 0.717) is 6.61 Å². The molecule has 0 aromatic heterocycles. The fourth-order valence-electron chi connectivity index (χ4n) is 1.63. The first-order chi connectivity index (χ1) is 5.22. The Kier molecular flexibility index (Phi) is 3.26. The van der Waals surface area contributed by atoms with Gasteiger partial charge in [-0.05, 0) is 20.0 Å². The zero-order chi connectivity index (χ0) is 8.32. The SMILES string of the molecule is CN1CCC(CO)(COP)C1. The predicted octanol–water partition coefficient (Wildman–Crippen LogP) is 0.107. The molecular weight excluding hydrogens is 161 g/mol. The number of aliphatic hydroxyl groups excluding tert-OH is 1. The smallest absolute Gasteiger partial charge is 0.0593 e.